The lowest BCUT2D eigenvalue weighted by Gasteiger charge is -2.15. The third kappa shape index (κ3) is 2.86. The zero-order valence-corrected chi connectivity index (χ0v) is 14.0. The van der Waals surface area contributed by atoms with Crippen molar-refractivity contribution in [2.45, 2.75) is 5.92 Å². The van der Waals surface area contributed by atoms with Crippen LogP contribution in [0.15, 0.2) is 72.8 Å². The topological polar surface area (TPSA) is 55.4 Å². The third-order valence-electron chi connectivity index (χ3n) is 4.67. The maximum Gasteiger partial charge on any atom is 0.411 e. The summed E-state index contributed by atoms with van der Waals surface area (Å²) in [6.45, 7) is 0.239. The monoisotopic (exact) mass is 343 g/mol. The van der Waals surface area contributed by atoms with Crippen molar-refractivity contribution in [2.24, 2.45) is 0 Å². The number of rotatable bonds is 4. The number of nitrogens with one attached hydrogen (secondary N) is 1. The SMILES string of the molecule is O=Cc1ccccc1NC(=O)OCC1c2ccccc2-c2ccccc21. The smallest absolute Gasteiger partial charge is 0.411 e. The fraction of sp³-hybridized carbons (Fsp3) is 0.0909. The number of hydrogen-bond acceptors (Lipinski definition) is 3. The molecule has 0 saturated carbocycles. The predicted molar refractivity (Wildman–Crippen MR) is 101 cm³/mol. The highest BCUT2D eigenvalue weighted by Gasteiger charge is 2.29. The van der Waals surface area contributed by atoms with Gasteiger partial charge in [-0.05, 0) is 34.4 Å². The van der Waals surface area contributed by atoms with E-state index in [0.29, 0.717) is 17.5 Å². The van der Waals surface area contributed by atoms with Crippen molar-refractivity contribution in [3.8, 4) is 11.1 Å². The van der Waals surface area contributed by atoms with Gasteiger partial charge in [-0.1, -0.05) is 60.7 Å². The Morgan fingerprint density at radius 3 is 2.12 bits per heavy atom. The van der Waals surface area contributed by atoms with Crippen LogP contribution in [0.3, 0.4) is 0 Å². The van der Waals surface area contributed by atoms with E-state index in [0.717, 1.165) is 11.1 Å². The molecule has 0 aromatic heterocycles. The molecule has 0 spiro atoms. The highest BCUT2D eigenvalue weighted by atomic mass is 16.5. The molecule has 0 atom stereocenters. The Morgan fingerprint density at radius 2 is 1.46 bits per heavy atom. The fourth-order valence-corrected chi connectivity index (χ4v) is 3.46. The Balaban J connectivity index is 1.51. The molecular formula is C22H17NO3. The summed E-state index contributed by atoms with van der Waals surface area (Å²) in [5, 5.41) is 2.64. The summed E-state index contributed by atoms with van der Waals surface area (Å²) >= 11 is 0. The van der Waals surface area contributed by atoms with Crippen LogP contribution in [-0.4, -0.2) is 19.0 Å². The van der Waals surface area contributed by atoms with E-state index >= 15 is 0 Å². The minimum atomic E-state index is -0.568. The van der Waals surface area contributed by atoms with E-state index in [1.807, 2.05) is 24.3 Å². The first-order valence-electron chi connectivity index (χ1n) is 8.44. The minimum Gasteiger partial charge on any atom is -0.448 e. The van der Waals surface area contributed by atoms with E-state index in [1.54, 1.807) is 24.3 Å². The molecule has 1 N–H and O–H groups in total. The van der Waals surface area contributed by atoms with E-state index in [9.17, 15) is 9.59 Å². The quantitative estimate of drug-likeness (QED) is 0.688. The largest absolute Gasteiger partial charge is 0.448 e. The molecule has 128 valence electrons. The van der Waals surface area contributed by atoms with E-state index in [4.69, 9.17) is 4.74 Å². The molecule has 0 aliphatic heterocycles. The van der Waals surface area contributed by atoms with Crippen LogP contribution in [0.2, 0.25) is 0 Å². The summed E-state index contributed by atoms with van der Waals surface area (Å²) < 4.78 is 5.48. The van der Waals surface area contributed by atoms with Gasteiger partial charge in [0.05, 0.1) is 5.69 Å². The second-order valence-corrected chi connectivity index (χ2v) is 6.16. The van der Waals surface area contributed by atoms with Gasteiger partial charge in [-0.25, -0.2) is 4.79 Å². The van der Waals surface area contributed by atoms with Gasteiger partial charge in [0.2, 0.25) is 0 Å². The Bertz CT molecular complexity index is 935. The normalized spacial score (nSPS) is 12.2. The zero-order chi connectivity index (χ0) is 17.9. The molecule has 1 aliphatic rings. The van der Waals surface area contributed by atoms with E-state index in [2.05, 4.69) is 29.6 Å². The fourth-order valence-electron chi connectivity index (χ4n) is 3.46. The van der Waals surface area contributed by atoms with Crippen LogP contribution in [0, 0.1) is 0 Å². The molecule has 0 heterocycles. The molecule has 3 aromatic carbocycles. The number of anilines is 1. The molecule has 0 radical (unpaired) electrons. The molecule has 0 bridgehead atoms. The van der Waals surface area contributed by atoms with Gasteiger partial charge in [0, 0.05) is 11.5 Å². The van der Waals surface area contributed by atoms with Crippen molar-refractivity contribution in [1.82, 2.24) is 0 Å². The maximum absolute atomic E-state index is 12.2. The molecule has 3 aromatic rings. The number of carbonyl (C=O) groups excluding carboxylic acids is 2. The van der Waals surface area contributed by atoms with Gasteiger partial charge in [-0.3, -0.25) is 10.1 Å². The van der Waals surface area contributed by atoms with Crippen molar-refractivity contribution in [3.63, 3.8) is 0 Å². The van der Waals surface area contributed by atoms with Gasteiger partial charge < -0.3 is 4.74 Å². The van der Waals surface area contributed by atoms with Crippen LogP contribution in [0.4, 0.5) is 10.5 Å². The average Bonchev–Trinajstić information content (AvgIpc) is 3.01. The number of amides is 1. The van der Waals surface area contributed by atoms with Crippen molar-refractivity contribution >= 4 is 18.1 Å². The van der Waals surface area contributed by atoms with Gasteiger partial charge in [0.15, 0.2) is 6.29 Å². The Hall–Kier alpha value is -3.40. The molecule has 4 nitrogen and oxygen atoms in total. The molecule has 1 aliphatic carbocycles. The molecule has 4 heteroatoms. The molecule has 26 heavy (non-hydrogen) atoms. The summed E-state index contributed by atoms with van der Waals surface area (Å²) in [5.74, 6) is 0.00876. The van der Waals surface area contributed by atoms with Crippen LogP contribution in [0.1, 0.15) is 27.4 Å². The van der Waals surface area contributed by atoms with Crippen LogP contribution >= 0.6 is 0 Å². The van der Waals surface area contributed by atoms with Gasteiger partial charge in [-0.15, -0.1) is 0 Å². The lowest BCUT2D eigenvalue weighted by molar-refractivity contribution is 0.112. The van der Waals surface area contributed by atoms with Crippen LogP contribution < -0.4 is 5.32 Å². The number of para-hydroxylation sites is 1. The summed E-state index contributed by atoms with van der Waals surface area (Å²) in [5.41, 5.74) is 5.55. The van der Waals surface area contributed by atoms with Gasteiger partial charge in [-0.2, -0.15) is 0 Å². The lowest BCUT2D eigenvalue weighted by atomic mass is 9.98. The molecular weight excluding hydrogens is 326 g/mol. The summed E-state index contributed by atoms with van der Waals surface area (Å²) in [4.78, 5) is 23.3. The van der Waals surface area contributed by atoms with Gasteiger partial charge in [0.1, 0.15) is 6.61 Å². The highest BCUT2D eigenvalue weighted by Crippen LogP contribution is 2.44. The zero-order valence-electron chi connectivity index (χ0n) is 14.0. The van der Waals surface area contributed by atoms with Crippen molar-refractivity contribution in [2.75, 3.05) is 11.9 Å². The van der Waals surface area contributed by atoms with Crippen LogP contribution in [0.25, 0.3) is 11.1 Å². The highest BCUT2D eigenvalue weighted by molar-refractivity contribution is 5.93. The second-order valence-electron chi connectivity index (χ2n) is 6.16. The first-order valence-corrected chi connectivity index (χ1v) is 8.44. The van der Waals surface area contributed by atoms with Crippen molar-refractivity contribution < 1.29 is 14.3 Å². The molecule has 4 rings (SSSR count). The number of aldehydes is 1. The number of hydrogen-bond donors (Lipinski definition) is 1. The van der Waals surface area contributed by atoms with Crippen LogP contribution in [-0.2, 0) is 4.74 Å². The van der Waals surface area contributed by atoms with Crippen molar-refractivity contribution in [1.29, 1.82) is 0 Å². The average molecular weight is 343 g/mol. The Labute approximate surface area is 151 Å². The number of carbonyl (C=O) groups is 2. The standard InChI is InChI=1S/C22H17NO3/c24-13-15-7-1-6-12-21(15)23-22(25)26-14-20-18-10-4-2-8-16(18)17-9-3-5-11-19(17)20/h1-13,20H,14H2,(H,23,25). The van der Waals surface area contributed by atoms with Crippen LogP contribution in [0.5, 0.6) is 0 Å². The summed E-state index contributed by atoms with van der Waals surface area (Å²) in [6.07, 6.45) is 0.139. The molecule has 0 saturated heterocycles. The van der Waals surface area contributed by atoms with E-state index < -0.39 is 6.09 Å². The number of benzene rings is 3. The first kappa shape index (κ1) is 16.1. The number of ether oxygens (including phenoxy) is 1. The van der Waals surface area contributed by atoms with Gasteiger partial charge >= 0.3 is 6.09 Å². The minimum absolute atomic E-state index is 0.00876. The number of fused-ring (bicyclic) bond motifs is 3. The molecule has 0 fully saturated rings. The Kier molecular flexibility index (Phi) is 4.23. The van der Waals surface area contributed by atoms with Crippen molar-refractivity contribution in [3.05, 3.63) is 89.5 Å². The first-order chi connectivity index (χ1) is 12.8. The molecule has 0 unspecified atom stereocenters. The van der Waals surface area contributed by atoms with Gasteiger partial charge in [0.25, 0.3) is 0 Å². The second kappa shape index (κ2) is 6.84. The maximum atomic E-state index is 12.2. The van der Waals surface area contributed by atoms with E-state index in [1.165, 1.54) is 11.1 Å². The molecule has 1 amide bonds. The predicted octanol–water partition coefficient (Wildman–Crippen LogP) is 4.86. The summed E-state index contributed by atoms with van der Waals surface area (Å²) in [7, 11) is 0. The lowest BCUT2D eigenvalue weighted by Crippen LogP contribution is -2.18. The Morgan fingerprint density at radius 1 is 0.885 bits per heavy atom. The summed E-state index contributed by atoms with van der Waals surface area (Å²) in [6, 6.07) is 23.2. The van der Waals surface area contributed by atoms with E-state index in [-0.39, 0.29) is 12.5 Å². The third-order valence-corrected chi connectivity index (χ3v) is 4.67.